The smallest absolute Gasteiger partial charge is 0.308 e. The second-order valence-electron chi connectivity index (χ2n) is 5.79. The second kappa shape index (κ2) is 5.93. The van der Waals surface area contributed by atoms with Gasteiger partial charge in [0.15, 0.2) is 0 Å². The summed E-state index contributed by atoms with van der Waals surface area (Å²) in [4.78, 5) is 16.1. The molecule has 0 unspecified atom stereocenters. The summed E-state index contributed by atoms with van der Waals surface area (Å²) in [6.07, 6.45) is 0.657. The predicted octanol–water partition coefficient (Wildman–Crippen LogP) is 3.74. The minimum atomic E-state index is -0.851. The average molecular weight is 307 g/mol. The lowest BCUT2D eigenvalue weighted by Crippen LogP contribution is -2.20. The molecule has 0 radical (unpaired) electrons. The molecule has 0 bridgehead atoms. The fraction of sp³-hybridized carbons (Fsp3) is 0.375. The molecule has 0 aliphatic rings. The largest absolute Gasteiger partial charge is 0.481 e. The third-order valence-electron chi connectivity index (χ3n) is 3.32. The molecule has 21 heavy (non-hydrogen) atoms. The summed E-state index contributed by atoms with van der Waals surface area (Å²) >= 11 is 1.43. The molecule has 0 amide bonds. The molecule has 0 saturated heterocycles. The van der Waals surface area contributed by atoms with E-state index in [1.54, 1.807) is 6.07 Å². The molecule has 1 N–H and O–H groups in total. The Morgan fingerprint density at radius 2 is 2.14 bits per heavy atom. The van der Waals surface area contributed by atoms with Crippen molar-refractivity contribution in [3.8, 4) is 0 Å². The van der Waals surface area contributed by atoms with Gasteiger partial charge in [0.05, 0.1) is 17.1 Å². The lowest BCUT2D eigenvalue weighted by molar-refractivity contribution is -0.136. The van der Waals surface area contributed by atoms with Crippen molar-refractivity contribution in [2.45, 2.75) is 39.0 Å². The van der Waals surface area contributed by atoms with Gasteiger partial charge in [-0.2, -0.15) is 0 Å². The van der Waals surface area contributed by atoms with Crippen molar-refractivity contribution in [1.82, 2.24) is 4.98 Å². The van der Waals surface area contributed by atoms with Crippen LogP contribution in [0, 0.1) is 12.7 Å². The number of nitrogens with zero attached hydrogens (tertiary/aromatic N) is 1. The minimum absolute atomic E-state index is 0.000451. The maximum Gasteiger partial charge on any atom is 0.308 e. The van der Waals surface area contributed by atoms with Gasteiger partial charge in [-0.05, 0) is 31.0 Å². The molecule has 2 aromatic rings. The molecule has 1 aromatic heterocycles. The first-order valence-electron chi connectivity index (χ1n) is 6.71. The van der Waals surface area contributed by atoms with Gasteiger partial charge < -0.3 is 5.11 Å². The fourth-order valence-corrected chi connectivity index (χ4v) is 3.41. The Bertz CT molecular complexity index is 664. The molecule has 0 saturated carbocycles. The normalized spacial score (nSPS) is 11.6. The van der Waals surface area contributed by atoms with Gasteiger partial charge in [-0.25, -0.2) is 9.37 Å². The Hall–Kier alpha value is -1.75. The summed E-state index contributed by atoms with van der Waals surface area (Å²) in [7, 11) is 0. The number of aryl methyl sites for hydroxylation is 1. The number of hydrogen-bond acceptors (Lipinski definition) is 3. The maximum atomic E-state index is 13.3. The van der Waals surface area contributed by atoms with E-state index < -0.39 is 5.97 Å². The molecule has 3 nitrogen and oxygen atoms in total. The highest BCUT2D eigenvalue weighted by molar-refractivity contribution is 7.12. The summed E-state index contributed by atoms with van der Waals surface area (Å²) in [6, 6.07) is 6.54. The molecule has 1 aromatic carbocycles. The maximum absolute atomic E-state index is 13.3. The number of aliphatic carboxylic acids is 1. The van der Waals surface area contributed by atoms with Gasteiger partial charge in [-0.15, -0.1) is 11.3 Å². The van der Waals surface area contributed by atoms with E-state index in [0.29, 0.717) is 6.42 Å². The third-order valence-corrected chi connectivity index (χ3v) is 4.84. The molecular formula is C16H18FNO2S. The first-order chi connectivity index (χ1) is 9.78. The molecule has 112 valence electrons. The van der Waals surface area contributed by atoms with Crippen molar-refractivity contribution in [3.63, 3.8) is 0 Å². The Morgan fingerprint density at radius 1 is 1.43 bits per heavy atom. The van der Waals surface area contributed by atoms with Crippen LogP contribution < -0.4 is 0 Å². The monoisotopic (exact) mass is 307 g/mol. The fourth-order valence-electron chi connectivity index (χ4n) is 2.25. The van der Waals surface area contributed by atoms with E-state index in [-0.39, 0.29) is 17.7 Å². The highest BCUT2D eigenvalue weighted by atomic mass is 32.1. The molecular weight excluding hydrogens is 289 g/mol. The van der Waals surface area contributed by atoms with Gasteiger partial charge in [0, 0.05) is 10.3 Å². The number of rotatable bonds is 5. The topological polar surface area (TPSA) is 50.2 Å². The highest BCUT2D eigenvalue weighted by Crippen LogP contribution is 2.33. The van der Waals surface area contributed by atoms with Crippen molar-refractivity contribution in [2.24, 2.45) is 0 Å². The summed E-state index contributed by atoms with van der Waals surface area (Å²) in [5, 5.41) is 9.80. The summed E-state index contributed by atoms with van der Waals surface area (Å²) in [6.45, 7) is 5.91. The van der Waals surface area contributed by atoms with E-state index in [9.17, 15) is 9.18 Å². The van der Waals surface area contributed by atoms with Gasteiger partial charge in [0.2, 0.25) is 0 Å². The van der Waals surface area contributed by atoms with E-state index in [4.69, 9.17) is 5.11 Å². The lowest BCUT2D eigenvalue weighted by atomic mass is 9.86. The van der Waals surface area contributed by atoms with E-state index in [2.05, 4.69) is 4.98 Å². The van der Waals surface area contributed by atoms with Crippen molar-refractivity contribution in [2.75, 3.05) is 0 Å². The van der Waals surface area contributed by atoms with E-state index >= 15 is 0 Å². The first-order valence-corrected chi connectivity index (χ1v) is 7.52. The summed E-state index contributed by atoms with van der Waals surface area (Å²) in [5.41, 5.74) is 1.41. The zero-order valence-electron chi connectivity index (χ0n) is 12.3. The molecule has 0 aliphatic heterocycles. The van der Waals surface area contributed by atoms with Crippen LogP contribution in [0.2, 0.25) is 0 Å². The van der Waals surface area contributed by atoms with Crippen LogP contribution in [0.4, 0.5) is 4.39 Å². The average Bonchev–Trinajstić information content (AvgIpc) is 2.70. The van der Waals surface area contributed by atoms with Crippen molar-refractivity contribution in [1.29, 1.82) is 0 Å². The standard InChI is InChI=1S/C16H18FNO2S/c1-10-13(8-14(19)20)21-15(18-10)16(2,3)9-11-5-4-6-12(17)7-11/h4-7H,8-9H2,1-3H3,(H,19,20). The third kappa shape index (κ3) is 3.88. The van der Waals surface area contributed by atoms with Crippen LogP contribution in [0.5, 0.6) is 0 Å². The van der Waals surface area contributed by atoms with Gasteiger partial charge in [-0.3, -0.25) is 4.79 Å². The van der Waals surface area contributed by atoms with E-state index in [1.165, 1.54) is 23.5 Å². The highest BCUT2D eigenvalue weighted by Gasteiger charge is 2.26. The predicted molar refractivity (Wildman–Crippen MR) is 81.3 cm³/mol. The second-order valence-corrected chi connectivity index (χ2v) is 6.87. The van der Waals surface area contributed by atoms with Gasteiger partial charge in [-0.1, -0.05) is 26.0 Å². The molecule has 0 fully saturated rings. The van der Waals surface area contributed by atoms with Crippen molar-refractivity contribution in [3.05, 3.63) is 51.2 Å². The van der Waals surface area contributed by atoms with Crippen LogP contribution >= 0.6 is 11.3 Å². The number of carbonyl (C=O) groups is 1. The molecule has 5 heteroatoms. The molecule has 2 rings (SSSR count). The van der Waals surface area contributed by atoms with Crippen molar-refractivity contribution >= 4 is 17.3 Å². The number of halogens is 1. The Morgan fingerprint density at radius 3 is 2.76 bits per heavy atom. The van der Waals surface area contributed by atoms with Crippen LogP contribution in [-0.4, -0.2) is 16.1 Å². The minimum Gasteiger partial charge on any atom is -0.481 e. The van der Waals surface area contributed by atoms with Crippen molar-refractivity contribution < 1.29 is 14.3 Å². The summed E-state index contributed by atoms with van der Waals surface area (Å²) in [5.74, 6) is -1.10. The van der Waals surface area contributed by atoms with Gasteiger partial charge >= 0.3 is 5.97 Å². The number of thiazole rings is 1. The molecule has 0 aliphatic carbocycles. The van der Waals surface area contributed by atoms with Crippen LogP contribution in [0.1, 0.15) is 35.0 Å². The van der Waals surface area contributed by atoms with Crippen LogP contribution in [-0.2, 0) is 23.1 Å². The number of carboxylic acid groups (broad SMARTS) is 1. The van der Waals surface area contributed by atoms with Gasteiger partial charge in [0.25, 0.3) is 0 Å². The zero-order valence-corrected chi connectivity index (χ0v) is 13.1. The van der Waals surface area contributed by atoms with Gasteiger partial charge in [0.1, 0.15) is 5.82 Å². The number of carboxylic acids is 1. The number of benzene rings is 1. The zero-order chi connectivity index (χ0) is 15.6. The summed E-state index contributed by atoms with van der Waals surface area (Å²) < 4.78 is 13.3. The number of hydrogen-bond donors (Lipinski definition) is 1. The first kappa shape index (κ1) is 15.6. The molecule has 0 spiro atoms. The van der Waals surface area contributed by atoms with E-state index in [1.807, 2.05) is 26.8 Å². The molecule has 1 heterocycles. The SMILES string of the molecule is Cc1nc(C(C)(C)Cc2cccc(F)c2)sc1CC(=O)O. The van der Waals surface area contributed by atoms with Crippen LogP contribution in [0.15, 0.2) is 24.3 Å². The van der Waals surface area contributed by atoms with Crippen LogP contribution in [0.25, 0.3) is 0 Å². The quantitative estimate of drug-likeness (QED) is 0.915. The Kier molecular flexibility index (Phi) is 4.42. The number of aromatic nitrogens is 1. The Balaban J connectivity index is 2.24. The molecule has 0 atom stereocenters. The lowest BCUT2D eigenvalue weighted by Gasteiger charge is -2.22. The van der Waals surface area contributed by atoms with Crippen LogP contribution in [0.3, 0.4) is 0 Å². The van der Waals surface area contributed by atoms with E-state index in [0.717, 1.165) is 21.1 Å². The Labute approximate surface area is 127 Å².